The molecule has 0 fully saturated rings. The third-order valence-corrected chi connectivity index (χ3v) is 3.88. The van der Waals surface area contributed by atoms with Crippen LogP contribution in [0, 0.1) is 5.92 Å². The smallest absolute Gasteiger partial charge is 0.228 e. The van der Waals surface area contributed by atoms with Crippen LogP contribution in [0.5, 0.6) is 0 Å². The molecule has 136 valence electrons. The third-order valence-electron chi connectivity index (χ3n) is 3.67. The van der Waals surface area contributed by atoms with Crippen molar-refractivity contribution < 1.29 is 9.59 Å². The largest absolute Gasteiger partial charge is 0.332 e. The average Bonchev–Trinajstić information content (AvgIpc) is 2.62. The topological polar surface area (TPSA) is 70.2 Å². The zero-order valence-electron chi connectivity index (χ0n) is 14.9. The van der Waals surface area contributed by atoms with E-state index in [0.717, 1.165) is 11.3 Å². The predicted molar refractivity (Wildman–Crippen MR) is 109 cm³/mol. The molecule has 0 aliphatic carbocycles. The van der Waals surface area contributed by atoms with Gasteiger partial charge in [0.2, 0.25) is 11.8 Å². The van der Waals surface area contributed by atoms with Gasteiger partial charge in [0.15, 0.2) is 5.11 Å². The van der Waals surface area contributed by atoms with Gasteiger partial charge in [0.25, 0.3) is 0 Å². The number of carbonyl (C=O) groups is 2. The number of carbonyl (C=O) groups excluding carboxylic acids is 2. The van der Waals surface area contributed by atoms with Gasteiger partial charge in [-0.1, -0.05) is 44.2 Å². The van der Waals surface area contributed by atoms with Gasteiger partial charge in [0.1, 0.15) is 0 Å². The highest BCUT2D eigenvalue weighted by Crippen LogP contribution is 2.14. The lowest BCUT2D eigenvalue weighted by Gasteiger charge is -2.12. The molecule has 6 heteroatoms. The molecule has 2 aromatic rings. The molecule has 26 heavy (non-hydrogen) atoms. The summed E-state index contributed by atoms with van der Waals surface area (Å²) in [5.74, 6) is -0.303. The molecule has 2 aromatic carbocycles. The number of thiocarbonyl (C=S) groups is 1. The van der Waals surface area contributed by atoms with Gasteiger partial charge in [0, 0.05) is 23.7 Å². The van der Waals surface area contributed by atoms with Gasteiger partial charge in [-0.3, -0.25) is 9.59 Å². The first kappa shape index (κ1) is 19.6. The van der Waals surface area contributed by atoms with E-state index in [0.29, 0.717) is 18.5 Å². The molecule has 0 spiro atoms. The Hall–Kier alpha value is -2.73. The van der Waals surface area contributed by atoms with Crippen LogP contribution in [0.25, 0.3) is 0 Å². The fourth-order valence-electron chi connectivity index (χ4n) is 2.18. The van der Waals surface area contributed by atoms with Crippen molar-refractivity contribution in [2.24, 2.45) is 5.92 Å². The van der Waals surface area contributed by atoms with Crippen molar-refractivity contribution in [2.45, 2.75) is 26.7 Å². The number of amides is 2. The maximum Gasteiger partial charge on any atom is 0.228 e. The minimum atomic E-state index is -0.136. The van der Waals surface area contributed by atoms with Gasteiger partial charge in [-0.15, -0.1) is 0 Å². The molecule has 0 atom stereocenters. The Morgan fingerprint density at radius 2 is 1.50 bits per heavy atom. The normalized spacial score (nSPS) is 10.3. The van der Waals surface area contributed by atoms with Crippen molar-refractivity contribution >= 4 is 40.5 Å². The van der Waals surface area contributed by atoms with Crippen molar-refractivity contribution in [2.75, 3.05) is 10.6 Å². The summed E-state index contributed by atoms with van der Waals surface area (Å²) < 4.78 is 0. The number of benzene rings is 2. The lowest BCUT2D eigenvalue weighted by Crippen LogP contribution is -2.36. The SMILES string of the molecule is CC(C)C(=O)NC(=S)Nc1ccc(NC(=O)CCc2ccccc2)cc1. The minimum Gasteiger partial charge on any atom is -0.332 e. The van der Waals surface area contributed by atoms with Crippen molar-refractivity contribution in [3.63, 3.8) is 0 Å². The second-order valence-electron chi connectivity index (χ2n) is 6.21. The summed E-state index contributed by atoms with van der Waals surface area (Å²) in [5, 5.41) is 8.68. The van der Waals surface area contributed by atoms with Crippen LogP contribution >= 0.6 is 12.2 Å². The van der Waals surface area contributed by atoms with Gasteiger partial charge in [-0.25, -0.2) is 0 Å². The van der Waals surface area contributed by atoms with Crippen LogP contribution in [0.2, 0.25) is 0 Å². The van der Waals surface area contributed by atoms with E-state index in [1.54, 1.807) is 38.1 Å². The quantitative estimate of drug-likeness (QED) is 0.679. The Labute approximate surface area is 159 Å². The minimum absolute atomic E-state index is 0.0331. The van der Waals surface area contributed by atoms with Gasteiger partial charge >= 0.3 is 0 Å². The van der Waals surface area contributed by atoms with Crippen LogP contribution in [0.15, 0.2) is 54.6 Å². The molecule has 3 N–H and O–H groups in total. The standard InChI is InChI=1S/C20H23N3O2S/c1-14(2)19(25)23-20(26)22-17-11-9-16(10-12-17)21-18(24)13-8-15-6-4-3-5-7-15/h3-7,9-12,14H,8,13H2,1-2H3,(H,21,24)(H2,22,23,25,26). The summed E-state index contributed by atoms with van der Waals surface area (Å²) in [5.41, 5.74) is 2.59. The van der Waals surface area contributed by atoms with Gasteiger partial charge in [-0.05, 0) is 48.5 Å². The molecular weight excluding hydrogens is 346 g/mol. The molecule has 0 aliphatic rings. The molecule has 2 rings (SSSR count). The number of hydrogen-bond acceptors (Lipinski definition) is 3. The maximum atomic E-state index is 12.0. The summed E-state index contributed by atoms with van der Waals surface area (Å²) in [4.78, 5) is 23.6. The van der Waals surface area contributed by atoms with Crippen LogP contribution in [-0.4, -0.2) is 16.9 Å². The molecule has 2 amide bonds. The monoisotopic (exact) mass is 369 g/mol. The molecule has 0 heterocycles. The zero-order chi connectivity index (χ0) is 18.9. The highest BCUT2D eigenvalue weighted by Gasteiger charge is 2.09. The number of anilines is 2. The summed E-state index contributed by atoms with van der Waals surface area (Å²) in [6.07, 6.45) is 1.13. The van der Waals surface area contributed by atoms with E-state index in [-0.39, 0.29) is 22.8 Å². The van der Waals surface area contributed by atoms with E-state index in [1.807, 2.05) is 30.3 Å². The number of nitrogens with one attached hydrogen (secondary N) is 3. The van der Waals surface area contributed by atoms with Gasteiger partial charge < -0.3 is 16.0 Å². The number of rotatable bonds is 6. The van der Waals surface area contributed by atoms with E-state index in [2.05, 4.69) is 16.0 Å². The van der Waals surface area contributed by atoms with Crippen molar-refractivity contribution in [1.29, 1.82) is 0 Å². The fourth-order valence-corrected chi connectivity index (χ4v) is 2.40. The molecular formula is C20H23N3O2S. The Kier molecular flexibility index (Phi) is 7.29. The van der Waals surface area contributed by atoms with E-state index in [9.17, 15) is 9.59 Å². The molecule has 5 nitrogen and oxygen atoms in total. The molecule has 0 radical (unpaired) electrons. The highest BCUT2D eigenvalue weighted by molar-refractivity contribution is 7.80. The summed E-state index contributed by atoms with van der Waals surface area (Å²) >= 11 is 5.10. The third kappa shape index (κ3) is 6.64. The predicted octanol–water partition coefficient (Wildman–Crippen LogP) is 3.73. The summed E-state index contributed by atoms with van der Waals surface area (Å²) in [6, 6.07) is 17.1. The van der Waals surface area contributed by atoms with E-state index in [4.69, 9.17) is 12.2 Å². The Balaban J connectivity index is 1.80. The second-order valence-corrected chi connectivity index (χ2v) is 6.62. The highest BCUT2D eigenvalue weighted by atomic mass is 32.1. The molecule has 0 saturated heterocycles. The fraction of sp³-hybridized carbons (Fsp3) is 0.250. The first-order chi connectivity index (χ1) is 12.4. The van der Waals surface area contributed by atoms with Crippen LogP contribution in [0.4, 0.5) is 11.4 Å². The van der Waals surface area contributed by atoms with E-state index in [1.165, 1.54) is 0 Å². The van der Waals surface area contributed by atoms with Crippen LogP contribution in [0.3, 0.4) is 0 Å². The molecule has 0 aliphatic heterocycles. The Morgan fingerprint density at radius 1 is 0.923 bits per heavy atom. The summed E-state index contributed by atoms with van der Waals surface area (Å²) in [6.45, 7) is 3.60. The van der Waals surface area contributed by atoms with Crippen molar-refractivity contribution in [1.82, 2.24) is 5.32 Å². The van der Waals surface area contributed by atoms with Crippen molar-refractivity contribution in [3.05, 3.63) is 60.2 Å². The summed E-state index contributed by atoms with van der Waals surface area (Å²) in [7, 11) is 0. The van der Waals surface area contributed by atoms with Gasteiger partial charge in [-0.2, -0.15) is 0 Å². The average molecular weight is 369 g/mol. The lowest BCUT2D eigenvalue weighted by atomic mass is 10.1. The maximum absolute atomic E-state index is 12.0. The number of hydrogen-bond donors (Lipinski definition) is 3. The van der Waals surface area contributed by atoms with Gasteiger partial charge in [0.05, 0.1) is 0 Å². The van der Waals surface area contributed by atoms with E-state index >= 15 is 0 Å². The molecule has 0 saturated carbocycles. The second kappa shape index (κ2) is 9.68. The molecule has 0 bridgehead atoms. The Bertz CT molecular complexity index is 758. The first-order valence-electron chi connectivity index (χ1n) is 8.49. The van der Waals surface area contributed by atoms with Crippen LogP contribution in [0.1, 0.15) is 25.8 Å². The van der Waals surface area contributed by atoms with Crippen LogP contribution in [-0.2, 0) is 16.0 Å². The lowest BCUT2D eigenvalue weighted by molar-refractivity contribution is -0.122. The Morgan fingerprint density at radius 3 is 2.08 bits per heavy atom. The number of aryl methyl sites for hydroxylation is 1. The molecule has 0 unspecified atom stereocenters. The van der Waals surface area contributed by atoms with E-state index < -0.39 is 0 Å². The van der Waals surface area contributed by atoms with Crippen molar-refractivity contribution in [3.8, 4) is 0 Å². The zero-order valence-corrected chi connectivity index (χ0v) is 15.7. The first-order valence-corrected chi connectivity index (χ1v) is 8.90. The van der Waals surface area contributed by atoms with Crippen LogP contribution < -0.4 is 16.0 Å². The molecule has 0 aromatic heterocycles.